The molecule has 1 amide bonds. The molecule has 0 fully saturated rings. The highest BCUT2D eigenvalue weighted by Gasteiger charge is 2.39. The van der Waals surface area contributed by atoms with E-state index < -0.39 is 22.0 Å². The molecule has 5 rings (SSSR count). The Bertz CT molecular complexity index is 1470. The SMILES string of the molecule is Cc1ccc2nc(NC(=O)C3Cc4ccccc4CN3S(=O)(=O)c3ccc(Cl)cc3)sc2c1. The van der Waals surface area contributed by atoms with Gasteiger partial charge in [-0.3, -0.25) is 4.79 Å². The van der Waals surface area contributed by atoms with E-state index in [1.54, 1.807) is 0 Å². The van der Waals surface area contributed by atoms with Crippen molar-refractivity contribution < 1.29 is 13.2 Å². The summed E-state index contributed by atoms with van der Waals surface area (Å²) in [7, 11) is -3.94. The number of rotatable bonds is 4. The topological polar surface area (TPSA) is 79.4 Å². The highest BCUT2D eigenvalue weighted by Crippen LogP contribution is 2.32. The van der Waals surface area contributed by atoms with Gasteiger partial charge in [-0.25, -0.2) is 13.4 Å². The fraction of sp³-hybridized carbons (Fsp3) is 0.167. The second-order valence-electron chi connectivity index (χ2n) is 7.97. The normalized spacial score (nSPS) is 16.5. The predicted molar refractivity (Wildman–Crippen MR) is 131 cm³/mol. The third kappa shape index (κ3) is 4.27. The molecule has 9 heteroatoms. The molecule has 3 aromatic carbocycles. The summed E-state index contributed by atoms with van der Waals surface area (Å²) in [5, 5.41) is 3.75. The molecule has 1 atom stereocenters. The van der Waals surface area contributed by atoms with Gasteiger partial charge in [-0.2, -0.15) is 4.31 Å². The van der Waals surface area contributed by atoms with Crippen LogP contribution in [0.2, 0.25) is 5.02 Å². The minimum atomic E-state index is -3.94. The van der Waals surface area contributed by atoms with Gasteiger partial charge in [0, 0.05) is 11.6 Å². The average Bonchev–Trinajstić information content (AvgIpc) is 3.19. The van der Waals surface area contributed by atoms with E-state index in [4.69, 9.17) is 11.6 Å². The van der Waals surface area contributed by atoms with Crippen molar-refractivity contribution in [3.05, 3.63) is 88.4 Å². The molecule has 0 radical (unpaired) electrons. The first-order valence-electron chi connectivity index (χ1n) is 10.3. The average molecular weight is 498 g/mol. The Labute approximate surface area is 200 Å². The largest absolute Gasteiger partial charge is 0.301 e. The van der Waals surface area contributed by atoms with Gasteiger partial charge in [-0.1, -0.05) is 53.3 Å². The van der Waals surface area contributed by atoms with Gasteiger partial charge in [-0.05, 0) is 66.4 Å². The number of sulfonamides is 1. The molecule has 0 bridgehead atoms. The van der Waals surface area contributed by atoms with Crippen molar-refractivity contribution in [2.75, 3.05) is 5.32 Å². The predicted octanol–water partition coefficient (Wildman–Crippen LogP) is 5.01. The number of thiazole rings is 1. The Morgan fingerprint density at radius 3 is 2.58 bits per heavy atom. The van der Waals surface area contributed by atoms with Crippen molar-refractivity contribution in [3.8, 4) is 0 Å². The molecule has 1 aliphatic rings. The number of carbonyl (C=O) groups is 1. The molecule has 168 valence electrons. The van der Waals surface area contributed by atoms with E-state index in [2.05, 4.69) is 10.3 Å². The van der Waals surface area contributed by atoms with Gasteiger partial charge in [0.2, 0.25) is 15.9 Å². The van der Waals surface area contributed by atoms with Gasteiger partial charge in [0.15, 0.2) is 5.13 Å². The van der Waals surface area contributed by atoms with Crippen LogP contribution in [-0.2, 0) is 27.8 Å². The minimum absolute atomic E-state index is 0.0968. The van der Waals surface area contributed by atoms with Crippen LogP contribution in [0, 0.1) is 6.92 Å². The number of amides is 1. The van der Waals surface area contributed by atoms with E-state index in [1.165, 1.54) is 39.9 Å². The van der Waals surface area contributed by atoms with Crippen LogP contribution in [-0.4, -0.2) is 29.7 Å². The molecule has 0 aliphatic carbocycles. The lowest BCUT2D eigenvalue weighted by Gasteiger charge is -2.34. The summed E-state index contributed by atoms with van der Waals surface area (Å²) in [5.74, 6) is -0.405. The van der Waals surface area contributed by atoms with Gasteiger partial charge >= 0.3 is 0 Å². The molecule has 33 heavy (non-hydrogen) atoms. The van der Waals surface area contributed by atoms with E-state index in [9.17, 15) is 13.2 Å². The zero-order valence-corrected chi connectivity index (χ0v) is 20.0. The molecule has 1 N–H and O–H groups in total. The molecule has 0 saturated carbocycles. The van der Waals surface area contributed by atoms with Crippen LogP contribution in [0.15, 0.2) is 71.6 Å². The molecular weight excluding hydrogens is 478 g/mol. The molecule has 4 aromatic rings. The summed E-state index contributed by atoms with van der Waals surface area (Å²) in [6.45, 7) is 2.11. The maximum absolute atomic E-state index is 13.5. The quantitative estimate of drug-likeness (QED) is 0.429. The summed E-state index contributed by atoms with van der Waals surface area (Å²) < 4.78 is 29.3. The molecule has 1 unspecified atom stereocenters. The number of carbonyl (C=O) groups excluding carboxylic acids is 1. The molecule has 1 aromatic heterocycles. The first-order chi connectivity index (χ1) is 15.8. The number of fused-ring (bicyclic) bond motifs is 2. The maximum atomic E-state index is 13.5. The van der Waals surface area contributed by atoms with Crippen LogP contribution in [0.25, 0.3) is 10.2 Å². The van der Waals surface area contributed by atoms with Crippen LogP contribution in [0.1, 0.15) is 16.7 Å². The lowest BCUT2D eigenvalue weighted by Crippen LogP contribution is -2.50. The van der Waals surface area contributed by atoms with E-state index in [1.807, 2.05) is 49.4 Å². The smallest absolute Gasteiger partial charge is 0.244 e. The molecule has 6 nitrogen and oxygen atoms in total. The fourth-order valence-corrected chi connectivity index (χ4v) is 6.65. The van der Waals surface area contributed by atoms with Crippen LogP contribution in [0.4, 0.5) is 5.13 Å². The van der Waals surface area contributed by atoms with Crippen molar-refractivity contribution in [2.24, 2.45) is 0 Å². The molecule has 2 heterocycles. The number of anilines is 1. The summed E-state index contributed by atoms with van der Waals surface area (Å²) in [6, 6.07) is 18.6. The second-order valence-corrected chi connectivity index (χ2v) is 11.3. The summed E-state index contributed by atoms with van der Waals surface area (Å²) in [5.41, 5.74) is 3.74. The third-order valence-corrected chi connectivity index (χ3v) is 8.76. The number of hydrogen-bond donors (Lipinski definition) is 1. The van der Waals surface area contributed by atoms with E-state index in [0.29, 0.717) is 10.2 Å². The highest BCUT2D eigenvalue weighted by atomic mass is 35.5. The van der Waals surface area contributed by atoms with Crippen LogP contribution in [0.5, 0.6) is 0 Å². The molecule has 0 spiro atoms. The summed E-state index contributed by atoms with van der Waals surface area (Å²) in [6.07, 6.45) is 0.277. The van der Waals surface area contributed by atoms with Crippen molar-refractivity contribution in [2.45, 2.75) is 30.8 Å². The Kier molecular flexibility index (Phi) is 5.70. The fourth-order valence-electron chi connectivity index (χ4n) is 3.99. The van der Waals surface area contributed by atoms with Crippen molar-refractivity contribution in [3.63, 3.8) is 0 Å². The molecular formula is C24H20ClN3O3S2. The van der Waals surface area contributed by atoms with Gasteiger partial charge in [-0.15, -0.1) is 0 Å². The lowest BCUT2D eigenvalue weighted by molar-refractivity contribution is -0.120. The van der Waals surface area contributed by atoms with Crippen molar-refractivity contribution in [1.29, 1.82) is 0 Å². The highest BCUT2D eigenvalue weighted by molar-refractivity contribution is 7.89. The maximum Gasteiger partial charge on any atom is 0.244 e. The van der Waals surface area contributed by atoms with Crippen LogP contribution < -0.4 is 5.32 Å². The number of nitrogens with one attached hydrogen (secondary N) is 1. The first kappa shape index (κ1) is 22.0. The van der Waals surface area contributed by atoms with Gasteiger partial charge in [0.25, 0.3) is 0 Å². The number of aryl methyl sites for hydroxylation is 1. The van der Waals surface area contributed by atoms with Gasteiger partial charge < -0.3 is 5.32 Å². The number of nitrogens with zero attached hydrogens (tertiary/aromatic N) is 2. The number of halogens is 1. The Balaban J connectivity index is 1.50. The van der Waals surface area contributed by atoms with E-state index in [0.717, 1.165) is 26.9 Å². The van der Waals surface area contributed by atoms with Gasteiger partial charge in [0.1, 0.15) is 6.04 Å². The number of benzene rings is 3. The van der Waals surface area contributed by atoms with Crippen LogP contribution in [0.3, 0.4) is 0 Å². The standard InChI is InChI=1S/C24H20ClN3O3S2/c1-15-6-11-20-22(12-15)32-24(26-20)27-23(29)21-13-16-4-2-3-5-17(16)14-28(21)33(30,31)19-9-7-18(25)8-10-19/h2-12,21H,13-14H2,1H3,(H,26,27,29). The van der Waals surface area contributed by atoms with E-state index in [-0.39, 0.29) is 17.9 Å². The Morgan fingerprint density at radius 1 is 1.09 bits per heavy atom. The summed E-state index contributed by atoms with van der Waals surface area (Å²) >= 11 is 7.32. The second kappa shape index (κ2) is 8.53. The van der Waals surface area contributed by atoms with Crippen molar-refractivity contribution in [1.82, 2.24) is 9.29 Å². The monoisotopic (exact) mass is 497 g/mol. The molecule has 1 aliphatic heterocycles. The third-order valence-electron chi connectivity index (χ3n) is 5.70. The lowest BCUT2D eigenvalue weighted by atomic mass is 9.95. The van der Waals surface area contributed by atoms with Crippen LogP contribution >= 0.6 is 22.9 Å². The summed E-state index contributed by atoms with van der Waals surface area (Å²) in [4.78, 5) is 18.0. The number of hydrogen-bond acceptors (Lipinski definition) is 5. The molecule has 0 saturated heterocycles. The van der Waals surface area contributed by atoms with E-state index >= 15 is 0 Å². The Hall–Kier alpha value is -2.78. The minimum Gasteiger partial charge on any atom is -0.301 e. The van der Waals surface area contributed by atoms with Crippen molar-refractivity contribution >= 4 is 54.2 Å². The number of aromatic nitrogens is 1. The zero-order chi connectivity index (χ0) is 23.2. The first-order valence-corrected chi connectivity index (χ1v) is 13.0. The Morgan fingerprint density at radius 2 is 1.82 bits per heavy atom. The zero-order valence-electron chi connectivity index (χ0n) is 17.7. The van der Waals surface area contributed by atoms with Gasteiger partial charge in [0.05, 0.1) is 15.1 Å².